The topological polar surface area (TPSA) is 84.3 Å². The molecule has 0 radical (unpaired) electrons. The minimum atomic E-state index is -0.572. The highest BCUT2D eigenvalue weighted by Crippen LogP contribution is 2.23. The summed E-state index contributed by atoms with van der Waals surface area (Å²) in [6.45, 7) is 3.68. The Morgan fingerprint density at radius 1 is 1.55 bits per heavy atom. The number of carbonyl (C=O) groups excluding carboxylic acids is 1. The summed E-state index contributed by atoms with van der Waals surface area (Å²) in [5.41, 5.74) is -0.221. The Labute approximate surface area is 121 Å². The zero-order valence-electron chi connectivity index (χ0n) is 11.1. The van der Waals surface area contributed by atoms with Crippen LogP contribution in [0.15, 0.2) is 18.2 Å². The molecule has 1 saturated heterocycles. The summed E-state index contributed by atoms with van der Waals surface area (Å²) in [4.78, 5) is 22.6. The number of nitrogens with one attached hydrogen (secondary N) is 2. The van der Waals surface area contributed by atoms with Crippen molar-refractivity contribution < 1.29 is 9.72 Å². The first-order valence-electron chi connectivity index (χ1n) is 6.44. The van der Waals surface area contributed by atoms with E-state index < -0.39 is 10.8 Å². The van der Waals surface area contributed by atoms with Crippen LogP contribution in [0.2, 0.25) is 5.02 Å². The minimum absolute atomic E-state index is 0.00762. The molecule has 0 bridgehead atoms. The van der Waals surface area contributed by atoms with E-state index in [-0.39, 0.29) is 23.2 Å². The summed E-state index contributed by atoms with van der Waals surface area (Å²) in [5, 5.41) is 17.4. The fourth-order valence-electron chi connectivity index (χ4n) is 2.32. The summed E-state index contributed by atoms with van der Waals surface area (Å²) < 4.78 is 0. The van der Waals surface area contributed by atoms with Gasteiger partial charge in [0.25, 0.3) is 11.6 Å². The van der Waals surface area contributed by atoms with E-state index in [1.165, 1.54) is 18.2 Å². The molecule has 2 unspecified atom stereocenters. The van der Waals surface area contributed by atoms with Gasteiger partial charge in [-0.3, -0.25) is 14.9 Å². The second-order valence-electron chi connectivity index (χ2n) is 4.97. The van der Waals surface area contributed by atoms with Gasteiger partial charge in [-0.05, 0) is 37.6 Å². The van der Waals surface area contributed by atoms with Crippen LogP contribution >= 0.6 is 11.6 Å². The van der Waals surface area contributed by atoms with E-state index in [9.17, 15) is 14.9 Å². The summed E-state index contributed by atoms with van der Waals surface area (Å²) in [5.74, 6) is -0.163. The van der Waals surface area contributed by atoms with Gasteiger partial charge in [-0.1, -0.05) is 18.5 Å². The highest BCUT2D eigenvalue weighted by atomic mass is 35.5. The highest BCUT2D eigenvalue weighted by molar-refractivity contribution is 6.31. The molecule has 1 aromatic rings. The Morgan fingerprint density at radius 3 is 2.95 bits per heavy atom. The summed E-state index contributed by atoms with van der Waals surface area (Å²) in [6, 6.07) is 4.01. The van der Waals surface area contributed by atoms with Gasteiger partial charge in [0.1, 0.15) is 5.56 Å². The number of benzene rings is 1. The van der Waals surface area contributed by atoms with Crippen LogP contribution in [0.5, 0.6) is 0 Å². The van der Waals surface area contributed by atoms with Crippen LogP contribution in [-0.4, -0.2) is 30.0 Å². The maximum atomic E-state index is 12.2. The predicted molar refractivity (Wildman–Crippen MR) is 76.0 cm³/mol. The van der Waals surface area contributed by atoms with Crippen LogP contribution in [0.3, 0.4) is 0 Å². The second-order valence-corrected chi connectivity index (χ2v) is 5.41. The van der Waals surface area contributed by atoms with Gasteiger partial charge in [0.15, 0.2) is 0 Å². The van der Waals surface area contributed by atoms with E-state index in [1.807, 2.05) is 6.92 Å². The molecular weight excluding hydrogens is 282 g/mol. The van der Waals surface area contributed by atoms with Crippen LogP contribution < -0.4 is 10.6 Å². The zero-order chi connectivity index (χ0) is 14.7. The molecule has 1 aliphatic rings. The lowest BCUT2D eigenvalue weighted by Crippen LogP contribution is -2.48. The number of rotatable bonds is 3. The molecule has 2 rings (SSSR count). The SMILES string of the molecule is CC1CNCCC1NC(=O)c1cc(Cl)ccc1[N+](=O)[O-]. The van der Waals surface area contributed by atoms with Crippen molar-refractivity contribution in [1.29, 1.82) is 0 Å². The number of nitro groups is 1. The molecule has 6 nitrogen and oxygen atoms in total. The number of carbonyl (C=O) groups is 1. The molecule has 2 N–H and O–H groups in total. The molecule has 1 aliphatic heterocycles. The lowest BCUT2D eigenvalue weighted by atomic mass is 9.95. The first-order chi connectivity index (χ1) is 9.49. The molecule has 108 valence electrons. The number of amides is 1. The van der Waals surface area contributed by atoms with Crippen molar-refractivity contribution in [2.75, 3.05) is 13.1 Å². The monoisotopic (exact) mass is 297 g/mol. The Bertz CT molecular complexity index is 536. The molecule has 7 heteroatoms. The van der Waals surface area contributed by atoms with Crippen molar-refractivity contribution in [2.24, 2.45) is 5.92 Å². The average Bonchev–Trinajstić information content (AvgIpc) is 2.40. The maximum Gasteiger partial charge on any atom is 0.282 e. The summed E-state index contributed by atoms with van der Waals surface area (Å²) >= 11 is 5.82. The fraction of sp³-hybridized carbons (Fsp3) is 0.462. The lowest BCUT2D eigenvalue weighted by molar-refractivity contribution is -0.385. The van der Waals surface area contributed by atoms with E-state index in [0.29, 0.717) is 5.02 Å². The largest absolute Gasteiger partial charge is 0.349 e. The Morgan fingerprint density at radius 2 is 2.30 bits per heavy atom. The summed E-state index contributed by atoms with van der Waals surface area (Å²) in [7, 11) is 0. The van der Waals surface area contributed by atoms with Crippen molar-refractivity contribution in [2.45, 2.75) is 19.4 Å². The third-order valence-corrected chi connectivity index (χ3v) is 3.74. The normalized spacial score (nSPS) is 22.3. The quantitative estimate of drug-likeness (QED) is 0.660. The molecule has 0 aliphatic carbocycles. The second kappa shape index (κ2) is 6.19. The van der Waals surface area contributed by atoms with Crippen molar-refractivity contribution in [3.8, 4) is 0 Å². The molecule has 1 fully saturated rings. The molecule has 0 spiro atoms. The van der Waals surface area contributed by atoms with Gasteiger partial charge in [-0.15, -0.1) is 0 Å². The molecule has 20 heavy (non-hydrogen) atoms. The van der Waals surface area contributed by atoms with Gasteiger partial charge >= 0.3 is 0 Å². The fourth-order valence-corrected chi connectivity index (χ4v) is 2.50. The minimum Gasteiger partial charge on any atom is -0.349 e. The van der Waals surface area contributed by atoms with Gasteiger partial charge < -0.3 is 10.6 Å². The average molecular weight is 298 g/mol. The molecule has 1 amide bonds. The van der Waals surface area contributed by atoms with E-state index in [0.717, 1.165) is 19.5 Å². The van der Waals surface area contributed by atoms with Gasteiger partial charge in [0.2, 0.25) is 0 Å². The van der Waals surface area contributed by atoms with Gasteiger partial charge in [-0.25, -0.2) is 0 Å². The van der Waals surface area contributed by atoms with Gasteiger partial charge in [-0.2, -0.15) is 0 Å². The van der Waals surface area contributed by atoms with Crippen LogP contribution in [0.25, 0.3) is 0 Å². The zero-order valence-corrected chi connectivity index (χ0v) is 11.8. The van der Waals surface area contributed by atoms with Crippen LogP contribution in [0.1, 0.15) is 23.7 Å². The van der Waals surface area contributed by atoms with E-state index in [1.54, 1.807) is 0 Å². The molecule has 0 aromatic heterocycles. The number of piperidine rings is 1. The van der Waals surface area contributed by atoms with Crippen molar-refractivity contribution in [3.63, 3.8) is 0 Å². The van der Waals surface area contributed by atoms with Crippen molar-refractivity contribution in [3.05, 3.63) is 38.9 Å². The van der Waals surface area contributed by atoms with Crippen LogP contribution in [-0.2, 0) is 0 Å². The number of hydrogen-bond acceptors (Lipinski definition) is 4. The third kappa shape index (κ3) is 3.26. The molecule has 2 atom stereocenters. The first kappa shape index (κ1) is 14.7. The van der Waals surface area contributed by atoms with Crippen molar-refractivity contribution >= 4 is 23.2 Å². The Hall–Kier alpha value is -1.66. The number of hydrogen-bond donors (Lipinski definition) is 2. The van der Waals surface area contributed by atoms with E-state index in [2.05, 4.69) is 10.6 Å². The highest BCUT2D eigenvalue weighted by Gasteiger charge is 2.26. The van der Waals surface area contributed by atoms with E-state index in [4.69, 9.17) is 11.6 Å². The van der Waals surface area contributed by atoms with Crippen LogP contribution in [0, 0.1) is 16.0 Å². The Balaban J connectivity index is 2.20. The third-order valence-electron chi connectivity index (χ3n) is 3.50. The summed E-state index contributed by atoms with van der Waals surface area (Å²) in [6.07, 6.45) is 0.807. The van der Waals surface area contributed by atoms with E-state index >= 15 is 0 Å². The van der Waals surface area contributed by atoms with Gasteiger partial charge in [0.05, 0.1) is 4.92 Å². The van der Waals surface area contributed by atoms with Crippen molar-refractivity contribution in [1.82, 2.24) is 10.6 Å². The first-order valence-corrected chi connectivity index (χ1v) is 6.82. The Kier molecular flexibility index (Phi) is 4.57. The van der Waals surface area contributed by atoms with Crippen LogP contribution in [0.4, 0.5) is 5.69 Å². The van der Waals surface area contributed by atoms with Gasteiger partial charge in [0, 0.05) is 17.1 Å². The molecular formula is C13H16ClN3O3. The standard InChI is InChI=1S/C13H16ClN3O3/c1-8-7-15-5-4-11(8)16-13(18)10-6-9(14)2-3-12(10)17(19)20/h2-3,6,8,11,15H,4-5,7H2,1H3,(H,16,18). The lowest BCUT2D eigenvalue weighted by Gasteiger charge is -2.30. The smallest absolute Gasteiger partial charge is 0.282 e. The molecule has 1 aromatic carbocycles. The number of nitrogens with zero attached hydrogens (tertiary/aromatic N) is 1. The number of halogens is 1. The maximum absolute atomic E-state index is 12.2. The molecule has 1 heterocycles. The molecule has 0 saturated carbocycles. The predicted octanol–water partition coefficient (Wildman–Crippen LogP) is 1.98. The number of nitro benzene ring substituents is 1.